The Bertz CT molecular complexity index is 103. The normalized spacial score (nSPS) is 11.1. The van der Waals surface area contributed by atoms with E-state index in [9.17, 15) is 0 Å². The summed E-state index contributed by atoms with van der Waals surface area (Å²) in [6.07, 6.45) is 1.54. The van der Waals surface area contributed by atoms with E-state index in [0.717, 1.165) is 5.84 Å². The van der Waals surface area contributed by atoms with E-state index in [1.165, 1.54) is 6.20 Å². The van der Waals surface area contributed by atoms with Gasteiger partial charge in [0.2, 0.25) is 0 Å². The predicted molar refractivity (Wildman–Crippen MR) is 37.0 cm³/mol. The molecule has 0 saturated heterocycles. The number of amidine groups is 1. The fraction of sp³-hybridized carbons (Fsp3) is 0.500. The molecule has 2 nitrogen and oxygen atoms in total. The van der Waals surface area contributed by atoms with Gasteiger partial charge in [-0.15, -0.1) is 0 Å². The quantitative estimate of drug-likeness (QED) is 0.366. The summed E-state index contributed by atoms with van der Waals surface area (Å²) in [7, 11) is 3.89. The number of hydrogen-bond donors (Lipinski definition) is 0. The molecule has 0 N–H and O–H groups in total. The summed E-state index contributed by atoms with van der Waals surface area (Å²) >= 11 is 0. The van der Waals surface area contributed by atoms with Crippen LogP contribution >= 0.6 is 0 Å². The minimum absolute atomic E-state index is 0.972. The van der Waals surface area contributed by atoms with Gasteiger partial charge in [0.25, 0.3) is 0 Å². The standard InChI is InChI=1S/C6H12N2/c1-5-7-6(2)8(3)4/h5H,1H2,2-4H3. The highest BCUT2D eigenvalue weighted by Crippen LogP contribution is 1.80. The fourth-order valence-electron chi connectivity index (χ4n) is 0.248. The van der Waals surface area contributed by atoms with E-state index in [-0.39, 0.29) is 0 Å². The van der Waals surface area contributed by atoms with Gasteiger partial charge in [0.05, 0.1) is 0 Å². The summed E-state index contributed by atoms with van der Waals surface area (Å²) in [5.74, 6) is 0.972. The molecule has 0 aromatic rings. The van der Waals surface area contributed by atoms with E-state index in [1.54, 1.807) is 0 Å². The second-order valence-electron chi connectivity index (χ2n) is 1.75. The van der Waals surface area contributed by atoms with Crippen LogP contribution in [0.2, 0.25) is 0 Å². The van der Waals surface area contributed by atoms with E-state index >= 15 is 0 Å². The minimum Gasteiger partial charge on any atom is -0.366 e. The average Bonchev–Trinajstić information content (AvgIpc) is 1.67. The molecule has 0 aromatic carbocycles. The van der Waals surface area contributed by atoms with Gasteiger partial charge in [-0.2, -0.15) is 0 Å². The Hall–Kier alpha value is -0.790. The lowest BCUT2D eigenvalue weighted by Gasteiger charge is -2.08. The van der Waals surface area contributed by atoms with Crippen molar-refractivity contribution in [2.24, 2.45) is 4.99 Å². The Morgan fingerprint density at radius 2 is 2.12 bits per heavy atom. The van der Waals surface area contributed by atoms with Crippen molar-refractivity contribution in [3.8, 4) is 0 Å². The van der Waals surface area contributed by atoms with Crippen molar-refractivity contribution in [1.29, 1.82) is 0 Å². The van der Waals surface area contributed by atoms with Gasteiger partial charge in [-0.3, -0.25) is 0 Å². The number of hydrogen-bond acceptors (Lipinski definition) is 1. The largest absolute Gasteiger partial charge is 0.366 e. The minimum atomic E-state index is 0.972. The first kappa shape index (κ1) is 7.21. The summed E-state index contributed by atoms with van der Waals surface area (Å²) in [5, 5.41) is 0. The molecular formula is C6H12N2. The number of rotatable bonds is 1. The molecule has 0 aliphatic rings. The van der Waals surface area contributed by atoms with E-state index in [4.69, 9.17) is 0 Å². The molecule has 0 unspecified atom stereocenters. The Balaban J connectivity index is 3.78. The molecule has 0 aromatic heterocycles. The van der Waals surface area contributed by atoms with Crippen molar-refractivity contribution in [1.82, 2.24) is 4.90 Å². The van der Waals surface area contributed by atoms with Crippen molar-refractivity contribution in [3.63, 3.8) is 0 Å². The zero-order valence-electron chi connectivity index (χ0n) is 5.68. The SMILES string of the molecule is C=CN=C(C)N(C)C. The fourth-order valence-corrected chi connectivity index (χ4v) is 0.248. The van der Waals surface area contributed by atoms with Gasteiger partial charge in [-0.25, -0.2) is 4.99 Å². The number of aliphatic imine (C=N–C) groups is 1. The lowest BCUT2D eigenvalue weighted by Crippen LogP contribution is -2.17. The molecule has 2 heteroatoms. The van der Waals surface area contributed by atoms with Crippen LogP contribution in [0.15, 0.2) is 17.8 Å². The maximum absolute atomic E-state index is 3.93. The second kappa shape index (κ2) is 3.24. The topological polar surface area (TPSA) is 15.6 Å². The molecule has 0 aliphatic heterocycles. The van der Waals surface area contributed by atoms with Crippen LogP contribution in [0.1, 0.15) is 6.92 Å². The monoisotopic (exact) mass is 112 g/mol. The van der Waals surface area contributed by atoms with E-state index in [2.05, 4.69) is 11.6 Å². The smallest absolute Gasteiger partial charge is 0.100 e. The van der Waals surface area contributed by atoms with Gasteiger partial charge in [-0.1, -0.05) is 6.58 Å². The molecule has 0 heterocycles. The van der Waals surface area contributed by atoms with Crippen LogP contribution in [-0.4, -0.2) is 24.8 Å². The zero-order chi connectivity index (χ0) is 6.57. The van der Waals surface area contributed by atoms with Gasteiger partial charge in [0.15, 0.2) is 0 Å². The first-order chi connectivity index (χ1) is 3.68. The van der Waals surface area contributed by atoms with Crippen LogP contribution < -0.4 is 0 Å². The molecule has 8 heavy (non-hydrogen) atoms. The molecule has 0 spiro atoms. The Labute approximate surface area is 50.5 Å². The molecule has 0 amide bonds. The van der Waals surface area contributed by atoms with Crippen LogP contribution in [0.5, 0.6) is 0 Å². The van der Waals surface area contributed by atoms with Crippen LogP contribution in [0, 0.1) is 0 Å². The van der Waals surface area contributed by atoms with Crippen LogP contribution in [0.3, 0.4) is 0 Å². The highest BCUT2D eigenvalue weighted by molar-refractivity contribution is 5.79. The highest BCUT2D eigenvalue weighted by Gasteiger charge is 1.86. The lowest BCUT2D eigenvalue weighted by atomic mass is 10.6. The van der Waals surface area contributed by atoms with Gasteiger partial charge in [-0.05, 0) is 6.92 Å². The van der Waals surface area contributed by atoms with Gasteiger partial charge >= 0.3 is 0 Å². The van der Waals surface area contributed by atoms with E-state index in [0.29, 0.717) is 0 Å². The van der Waals surface area contributed by atoms with Gasteiger partial charge in [0, 0.05) is 20.3 Å². The predicted octanol–water partition coefficient (Wildman–Crippen LogP) is 1.11. The summed E-state index contributed by atoms with van der Waals surface area (Å²) < 4.78 is 0. The van der Waals surface area contributed by atoms with Gasteiger partial charge < -0.3 is 4.90 Å². The van der Waals surface area contributed by atoms with Gasteiger partial charge in [0.1, 0.15) is 5.84 Å². The highest BCUT2D eigenvalue weighted by atomic mass is 15.1. The third-order valence-electron chi connectivity index (χ3n) is 0.925. The van der Waals surface area contributed by atoms with Crippen molar-refractivity contribution >= 4 is 5.84 Å². The third kappa shape index (κ3) is 2.39. The van der Waals surface area contributed by atoms with Crippen molar-refractivity contribution in [3.05, 3.63) is 12.8 Å². The molecule has 0 rings (SSSR count). The first-order valence-electron chi connectivity index (χ1n) is 2.51. The second-order valence-corrected chi connectivity index (χ2v) is 1.75. The Morgan fingerprint density at radius 3 is 2.25 bits per heavy atom. The summed E-state index contributed by atoms with van der Waals surface area (Å²) in [5.41, 5.74) is 0. The Kier molecular flexibility index (Phi) is 2.92. The lowest BCUT2D eigenvalue weighted by molar-refractivity contribution is 0.618. The van der Waals surface area contributed by atoms with Crippen LogP contribution in [0.4, 0.5) is 0 Å². The molecule has 0 bridgehead atoms. The molecule has 0 saturated carbocycles. The molecular weight excluding hydrogens is 100 g/mol. The first-order valence-corrected chi connectivity index (χ1v) is 2.51. The van der Waals surface area contributed by atoms with Crippen molar-refractivity contribution in [2.75, 3.05) is 14.1 Å². The molecule has 0 radical (unpaired) electrons. The summed E-state index contributed by atoms with van der Waals surface area (Å²) in [6, 6.07) is 0. The maximum Gasteiger partial charge on any atom is 0.100 e. The summed E-state index contributed by atoms with van der Waals surface area (Å²) in [4.78, 5) is 5.86. The average molecular weight is 112 g/mol. The molecule has 0 aliphatic carbocycles. The molecule has 0 atom stereocenters. The third-order valence-corrected chi connectivity index (χ3v) is 0.925. The molecule has 0 fully saturated rings. The van der Waals surface area contributed by atoms with Crippen LogP contribution in [-0.2, 0) is 0 Å². The molecule has 46 valence electrons. The Morgan fingerprint density at radius 1 is 1.62 bits per heavy atom. The zero-order valence-corrected chi connectivity index (χ0v) is 5.68. The summed E-state index contributed by atoms with van der Waals surface area (Å²) in [6.45, 7) is 5.40. The maximum atomic E-state index is 3.93. The number of nitrogens with zero attached hydrogens (tertiary/aromatic N) is 2. The van der Waals surface area contributed by atoms with Crippen molar-refractivity contribution in [2.45, 2.75) is 6.92 Å². The van der Waals surface area contributed by atoms with E-state index < -0.39 is 0 Å². The van der Waals surface area contributed by atoms with E-state index in [1.807, 2.05) is 25.9 Å². The van der Waals surface area contributed by atoms with Crippen LogP contribution in [0.25, 0.3) is 0 Å². The van der Waals surface area contributed by atoms with Crippen molar-refractivity contribution < 1.29 is 0 Å².